The fraction of sp³-hybridized carbons (Fsp3) is 0.617. The van der Waals surface area contributed by atoms with E-state index >= 15 is 0 Å². The minimum absolute atomic E-state index is 0.120. The lowest BCUT2D eigenvalue weighted by molar-refractivity contribution is -0.170. The van der Waals surface area contributed by atoms with E-state index in [2.05, 4.69) is 34.9 Å². The van der Waals surface area contributed by atoms with Crippen molar-refractivity contribution in [2.45, 2.75) is 195 Å². The number of carbonyl (C=O) groups excluding carboxylic acids is 2. The summed E-state index contributed by atoms with van der Waals surface area (Å²) in [6.07, 6.45) is 6.56. The van der Waals surface area contributed by atoms with Gasteiger partial charge < -0.3 is 100 Å². The summed E-state index contributed by atoms with van der Waals surface area (Å²) in [5.74, 6) is -12.0. The van der Waals surface area contributed by atoms with Crippen molar-refractivity contribution in [3.63, 3.8) is 0 Å². The van der Waals surface area contributed by atoms with E-state index in [1.807, 2.05) is 12.1 Å². The average Bonchev–Trinajstić information content (AvgIpc) is 0.735. The first-order chi connectivity index (χ1) is 42.5. The Morgan fingerprint density at radius 1 is 0.462 bits per heavy atom. The molecule has 0 unspecified atom stereocenters. The first kappa shape index (κ1) is 75.1. The number of piperidine rings is 2. The van der Waals surface area contributed by atoms with Gasteiger partial charge in [-0.15, -0.1) is 0 Å². The summed E-state index contributed by atoms with van der Waals surface area (Å²) in [5.41, 5.74) is -1.76. The number of benzene rings is 2. The lowest BCUT2D eigenvalue weighted by atomic mass is 9.53. The Labute approximate surface area is 521 Å². The lowest BCUT2D eigenvalue weighted by Gasteiger charge is -2.56. The number of fused-ring (bicyclic) bond motifs is 2. The molecule has 2 saturated carbocycles. The van der Waals surface area contributed by atoms with Gasteiger partial charge in [0.25, 0.3) is 0 Å². The molecule has 6 atom stereocenters. The zero-order chi connectivity index (χ0) is 68.2. The highest BCUT2D eigenvalue weighted by Crippen LogP contribution is 2.56. The normalized spacial score (nSPS) is 21.5. The molecule has 91 heavy (non-hydrogen) atoms. The number of hydrogen-bond acceptors (Lipinski definition) is 22. The second kappa shape index (κ2) is 33.1. The Balaban J connectivity index is 0.000000255. The van der Waals surface area contributed by atoms with Gasteiger partial charge in [-0.25, -0.2) is 24.0 Å². The molecule has 0 amide bonds. The number of ether oxygens (including phenoxy) is 6. The molecule has 2 aromatic rings. The van der Waals surface area contributed by atoms with Gasteiger partial charge in [0.15, 0.2) is 16.8 Å². The number of aliphatic hydroxyl groups is 3. The summed E-state index contributed by atoms with van der Waals surface area (Å²) in [7, 11) is 0. The monoisotopic (exact) mass is 1290 g/mol. The molecule has 2 aromatic carbocycles. The van der Waals surface area contributed by atoms with Crippen molar-refractivity contribution in [3.8, 4) is 11.5 Å². The van der Waals surface area contributed by atoms with E-state index in [4.69, 9.17) is 89.7 Å². The summed E-state index contributed by atoms with van der Waals surface area (Å²) in [5, 5.41) is 109. The highest BCUT2D eigenvalue weighted by molar-refractivity contribution is 5.89. The minimum Gasteiger partial charge on any atom is -0.481 e. The Bertz CT molecular complexity index is 2650. The van der Waals surface area contributed by atoms with Crippen LogP contribution in [0.1, 0.15) is 153 Å². The quantitative estimate of drug-likeness (QED) is 0.0549. The first-order valence-electron chi connectivity index (χ1n) is 29.3. The highest BCUT2D eigenvalue weighted by Gasteiger charge is 2.53. The fourth-order valence-electron chi connectivity index (χ4n) is 12.9. The summed E-state index contributed by atoms with van der Waals surface area (Å²) < 4.78 is 31.3. The molecular weight excluding hydrogens is 1210 g/mol. The Morgan fingerprint density at radius 2 is 0.758 bits per heavy atom. The predicted molar refractivity (Wildman–Crippen MR) is 308 cm³/mol. The molecule has 4 bridgehead atoms. The van der Waals surface area contributed by atoms with Crippen LogP contribution in [0.25, 0.3) is 0 Å². The first-order valence-corrected chi connectivity index (χ1v) is 29.3. The van der Waals surface area contributed by atoms with Crippen LogP contribution in [0.5, 0.6) is 11.5 Å². The van der Waals surface area contributed by atoms with Crippen molar-refractivity contribution in [2.75, 3.05) is 26.7 Å². The molecule has 31 heteroatoms. The van der Waals surface area contributed by atoms with Crippen LogP contribution in [0.15, 0.2) is 36.4 Å². The number of carboxylic acids is 9. The third-order valence-corrected chi connectivity index (χ3v) is 16.6. The molecule has 8 rings (SSSR count). The Hall–Kier alpha value is -8.39. The Kier molecular flexibility index (Phi) is 27.3. The number of hydrogen-bond donors (Lipinski definition) is 14. The summed E-state index contributed by atoms with van der Waals surface area (Å²) >= 11 is 0. The molecule has 506 valence electrons. The van der Waals surface area contributed by atoms with Crippen LogP contribution >= 0.6 is 0 Å². The molecule has 2 saturated heterocycles. The van der Waals surface area contributed by atoms with Gasteiger partial charge in [0.1, 0.15) is 11.5 Å². The molecule has 6 aliphatic rings. The molecule has 0 aromatic heterocycles. The summed E-state index contributed by atoms with van der Waals surface area (Å²) in [4.78, 5) is 114. The third kappa shape index (κ3) is 21.4. The van der Waals surface area contributed by atoms with E-state index in [1.54, 1.807) is 27.7 Å². The van der Waals surface area contributed by atoms with E-state index in [-0.39, 0.29) is 25.8 Å². The van der Waals surface area contributed by atoms with Crippen molar-refractivity contribution in [1.29, 1.82) is 0 Å². The van der Waals surface area contributed by atoms with Crippen molar-refractivity contribution < 1.29 is 142 Å². The standard InChI is InChI=1S/2C21H29NO4.3C6H8O7/c2*1-14(2)26-20(23)25-13-24-16-7-6-15-11-19-17-5-3-4-8-21(17,9-10-22-19)18(15)12-16;3*7-3(8)1-6(13,5(11)12)2-4(9)10/h2*6-7,12,14,17,19,22H,3-5,8-11,13H2,1-2H3;3*13H,1-2H2,(H,7,8)(H,9,10)(H,11,12)/t2*17-,19+,21-;;;/m11.../s1. The largest absolute Gasteiger partial charge is 0.511 e. The number of carbonyl (C=O) groups is 11. The minimum atomic E-state index is -2.74. The van der Waals surface area contributed by atoms with Gasteiger partial charge in [0, 0.05) is 22.9 Å². The maximum absolute atomic E-state index is 11.5. The molecule has 0 spiro atoms. The molecule has 2 aliphatic heterocycles. The fourth-order valence-corrected chi connectivity index (χ4v) is 12.9. The van der Waals surface area contributed by atoms with E-state index in [0.717, 1.165) is 49.3 Å². The van der Waals surface area contributed by atoms with Crippen molar-refractivity contribution in [1.82, 2.24) is 10.6 Å². The topological polar surface area (TPSA) is 510 Å². The molecule has 4 aliphatic carbocycles. The summed E-state index contributed by atoms with van der Waals surface area (Å²) in [6, 6.07) is 14.0. The molecule has 2 heterocycles. The van der Waals surface area contributed by atoms with Gasteiger partial charge >= 0.3 is 66.0 Å². The van der Waals surface area contributed by atoms with Crippen LogP contribution in [0.3, 0.4) is 0 Å². The zero-order valence-corrected chi connectivity index (χ0v) is 50.8. The van der Waals surface area contributed by atoms with Crippen LogP contribution in [0, 0.1) is 11.8 Å². The van der Waals surface area contributed by atoms with E-state index in [0.29, 0.717) is 22.9 Å². The van der Waals surface area contributed by atoms with Gasteiger partial charge in [-0.05, 0) is 151 Å². The second-order valence-corrected chi connectivity index (χ2v) is 23.8. The van der Waals surface area contributed by atoms with Crippen LogP contribution in [0.2, 0.25) is 0 Å². The summed E-state index contributed by atoms with van der Waals surface area (Å²) in [6.45, 7) is 9.13. The van der Waals surface area contributed by atoms with E-state index in [9.17, 15) is 52.7 Å². The number of carboxylic acid groups (broad SMARTS) is 9. The van der Waals surface area contributed by atoms with E-state index < -0.39 is 121 Å². The molecule has 0 radical (unpaired) electrons. The maximum atomic E-state index is 11.5. The SMILES string of the molecule is CC(C)OC(=O)OCOc1ccc2c(c1)[C@@]13CCCC[C@@H]1[C@H](C2)NCC3.CC(C)OC(=O)OCOc1ccc2c(c1)[C@@]13CCCC[C@@H]1[C@H](C2)NCC3.O=C(O)CC(O)(CC(=O)O)C(=O)O.O=C(O)CC(O)(CC(=O)O)C(=O)O.O=C(O)CC(O)(CC(=O)O)C(=O)O. The van der Waals surface area contributed by atoms with Gasteiger partial charge in [-0.2, -0.15) is 0 Å². The molecular formula is C60H82N2O29. The lowest BCUT2D eigenvalue weighted by Crippen LogP contribution is -2.59. The van der Waals surface area contributed by atoms with Crippen LogP contribution in [-0.4, -0.2) is 195 Å². The molecule has 31 nitrogen and oxygen atoms in total. The maximum Gasteiger partial charge on any atom is 0.511 e. The van der Waals surface area contributed by atoms with E-state index in [1.165, 1.54) is 86.5 Å². The van der Waals surface area contributed by atoms with Crippen molar-refractivity contribution in [2.24, 2.45) is 11.8 Å². The predicted octanol–water partition coefficient (Wildman–Crippen LogP) is 4.12. The van der Waals surface area contributed by atoms with Crippen molar-refractivity contribution >= 4 is 66.0 Å². The highest BCUT2D eigenvalue weighted by atomic mass is 16.8. The number of nitrogens with one attached hydrogen (secondary N) is 2. The number of aliphatic carboxylic acids is 9. The van der Waals surface area contributed by atoms with Gasteiger partial charge in [0.2, 0.25) is 13.6 Å². The third-order valence-electron chi connectivity index (χ3n) is 16.6. The Morgan fingerprint density at radius 3 is 1.02 bits per heavy atom. The average molecular weight is 1300 g/mol. The van der Waals surface area contributed by atoms with Crippen LogP contribution in [-0.2, 0) is 85.8 Å². The van der Waals surface area contributed by atoms with Gasteiger partial charge in [-0.1, -0.05) is 37.8 Å². The van der Waals surface area contributed by atoms with Gasteiger partial charge in [0.05, 0.1) is 50.7 Å². The van der Waals surface area contributed by atoms with Crippen LogP contribution < -0.4 is 20.1 Å². The van der Waals surface area contributed by atoms with Gasteiger partial charge in [-0.3, -0.25) is 28.8 Å². The zero-order valence-electron chi connectivity index (χ0n) is 50.8. The molecule has 14 N–H and O–H groups in total. The van der Waals surface area contributed by atoms with Crippen molar-refractivity contribution in [3.05, 3.63) is 58.7 Å². The number of rotatable bonds is 23. The smallest absolute Gasteiger partial charge is 0.481 e. The second-order valence-electron chi connectivity index (χ2n) is 23.8. The van der Waals surface area contributed by atoms with Crippen LogP contribution in [0.4, 0.5) is 9.59 Å². The molecule has 4 fully saturated rings.